The molecule has 0 radical (unpaired) electrons. The van der Waals surface area contributed by atoms with E-state index in [1.54, 1.807) is 18.2 Å². The first-order chi connectivity index (χ1) is 16.0. The third kappa shape index (κ3) is 3.44. The number of aliphatic hydroxyl groups is 1. The van der Waals surface area contributed by atoms with Crippen LogP contribution in [0.15, 0.2) is 78.4 Å². The molecule has 2 aliphatic heterocycles. The summed E-state index contributed by atoms with van der Waals surface area (Å²) in [6, 6.07) is 21.3. The van der Waals surface area contributed by atoms with Gasteiger partial charge in [0.15, 0.2) is 0 Å². The summed E-state index contributed by atoms with van der Waals surface area (Å²) >= 11 is 0. The highest BCUT2D eigenvalue weighted by molar-refractivity contribution is 6.51. The predicted octanol–water partition coefficient (Wildman–Crippen LogP) is 4.45. The van der Waals surface area contributed by atoms with Crippen molar-refractivity contribution in [3.63, 3.8) is 0 Å². The van der Waals surface area contributed by atoms with Gasteiger partial charge in [-0.3, -0.25) is 14.5 Å². The molecular formula is C27H24N2O4. The highest BCUT2D eigenvalue weighted by Gasteiger charge is 2.47. The van der Waals surface area contributed by atoms with Crippen LogP contribution in [0.4, 0.5) is 11.4 Å². The molecule has 3 aromatic carbocycles. The number of carbonyl (C=O) groups is 2. The zero-order valence-electron chi connectivity index (χ0n) is 18.5. The van der Waals surface area contributed by atoms with Crippen molar-refractivity contribution in [2.75, 3.05) is 30.0 Å². The predicted molar refractivity (Wildman–Crippen MR) is 128 cm³/mol. The summed E-state index contributed by atoms with van der Waals surface area (Å²) < 4.78 is 5.70. The van der Waals surface area contributed by atoms with E-state index in [1.807, 2.05) is 73.5 Å². The van der Waals surface area contributed by atoms with Crippen LogP contribution in [0.5, 0.6) is 5.75 Å². The Balaban J connectivity index is 1.71. The lowest BCUT2D eigenvalue weighted by Crippen LogP contribution is -2.30. The van der Waals surface area contributed by atoms with Crippen molar-refractivity contribution >= 4 is 28.8 Å². The van der Waals surface area contributed by atoms with Crippen LogP contribution >= 0.6 is 0 Å². The van der Waals surface area contributed by atoms with Crippen molar-refractivity contribution in [2.24, 2.45) is 0 Å². The van der Waals surface area contributed by atoms with Crippen LogP contribution in [0.25, 0.3) is 5.76 Å². The second kappa shape index (κ2) is 8.13. The van der Waals surface area contributed by atoms with E-state index in [0.717, 1.165) is 29.1 Å². The summed E-state index contributed by atoms with van der Waals surface area (Å²) in [5.41, 5.74) is 3.64. The van der Waals surface area contributed by atoms with Crippen LogP contribution in [0.2, 0.25) is 0 Å². The number of benzene rings is 3. The second-order valence-electron chi connectivity index (χ2n) is 8.32. The maximum Gasteiger partial charge on any atom is 0.300 e. The maximum absolute atomic E-state index is 13.3. The highest BCUT2D eigenvalue weighted by atomic mass is 16.5. The fourth-order valence-electron chi connectivity index (χ4n) is 4.52. The van der Waals surface area contributed by atoms with Crippen LogP contribution in [0.1, 0.15) is 22.7 Å². The van der Waals surface area contributed by atoms with E-state index >= 15 is 0 Å². The molecule has 1 unspecified atom stereocenters. The first kappa shape index (κ1) is 20.8. The molecule has 0 saturated carbocycles. The van der Waals surface area contributed by atoms with Gasteiger partial charge in [-0.05, 0) is 42.3 Å². The van der Waals surface area contributed by atoms with Gasteiger partial charge in [0, 0.05) is 18.3 Å². The van der Waals surface area contributed by atoms with Gasteiger partial charge in [-0.15, -0.1) is 0 Å². The van der Waals surface area contributed by atoms with Gasteiger partial charge in [-0.25, -0.2) is 0 Å². The number of aliphatic hydroxyl groups excluding tert-OH is 1. The number of nitrogens with zero attached hydrogens (tertiary/aromatic N) is 2. The maximum atomic E-state index is 13.3. The number of rotatable bonds is 3. The van der Waals surface area contributed by atoms with Crippen molar-refractivity contribution in [3.05, 3.63) is 95.1 Å². The number of fused-ring (bicyclic) bond motifs is 1. The van der Waals surface area contributed by atoms with Gasteiger partial charge >= 0.3 is 0 Å². The van der Waals surface area contributed by atoms with Gasteiger partial charge < -0.3 is 14.7 Å². The average Bonchev–Trinajstić information content (AvgIpc) is 3.10. The number of hydrogen-bond donors (Lipinski definition) is 1. The minimum absolute atomic E-state index is 0.0776. The van der Waals surface area contributed by atoms with Gasteiger partial charge in [0.2, 0.25) is 0 Å². The molecule has 2 aliphatic rings. The highest BCUT2D eigenvalue weighted by Crippen LogP contribution is 2.43. The third-order valence-electron chi connectivity index (χ3n) is 6.26. The smallest absolute Gasteiger partial charge is 0.300 e. The molecule has 33 heavy (non-hydrogen) atoms. The van der Waals surface area contributed by atoms with Crippen molar-refractivity contribution in [2.45, 2.75) is 13.0 Å². The monoisotopic (exact) mass is 440 g/mol. The zero-order valence-corrected chi connectivity index (χ0v) is 18.5. The van der Waals surface area contributed by atoms with Crippen LogP contribution in [-0.4, -0.2) is 37.0 Å². The lowest BCUT2D eigenvalue weighted by atomic mass is 9.94. The fraction of sp³-hybridized carbons (Fsp3) is 0.185. The molecule has 0 bridgehead atoms. The van der Waals surface area contributed by atoms with Gasteiger partial charge in [0.05, 0.1) is 23.8 Å². The summed E-state index contributed by atoms with van der Waals surface area (Å²) in [4.78, 5) is 30.1. The van der Waals surface area contributed by atoms with Crippen LogP contribution in [0, 0.1) is 6.92 Å². The minimum atomic E-state index is -0.739. The number of carbonyl (C=O) groups excluding carboxylic acids is 2. The SMILES string of the molecule is Cc1ccccc1N1C(=O)C(=O)/C(=C(\O)c2ccc3c(c2)N(C)CCO3)C1c1ccccc1. The molecule has 3 aromatic rings. The Morgan fingerprint density at radius 3 is 2.45 bits per heavy atom. The molecule has 0 aliphatic carbocycles. The Kier molecular flexibility index (Phi) is 5.13. The van der Waals surface area contributed by atoms with Gasteiger partial charge in [0.1, 0.15) is 18.1 Å². The quantitative estimate of drug-likeness (QED) is 0.370. The molecule has 5 rings (SSSR count). The Hall–Kier alpha value is -4.06. The van der Waals surface area contributed by atoms with E-state index in [4.69, 9.17) is 4.74 Å². The second-order valence-corrected chi connectivity index (χ2v) is 8.32. The lowest BCUT2D eigenvalue weighted by Gasteiger charge is -2.28. The topological polar surface area (TPSA) is 70.1 Å². The number of anilines is 2. The van der Waals surface area contributed by atoms with Gasteiger partial charge in [-0.1, -0.05) is 48.5 Å². The number of aryl methyl sites for hydroxylation is 1. The normalized spacial score (nSPS) is 19.4. The molecule has 6 nitrogen and oxygen atoms in total. The molecule has 166 valence electrons. The number of para-hydroxylation sites is 1. The molecule has 1 atom stereocenters. The van der Waals surface area contributed by atoms with E-state index in [2.05, 4.69) is 0 Å². The molecule has 1 amide bonds. The summed E-state index contributed by atoms with van der Waals surface area (Å²) in [5.74, 6) is -0.828. The summed E-state index contributed by atoms with van der Waals surface area (Å²) in [7, 11) is 1.95. The molecule has 0 spiro atoms. The Morgan fingerprint density at radius 1 is 0.970 bits per heavy atom. The number of hydrogen-bond acceptors (Lipinski definition) is 5. The van der Waals surface area contributed by atoms with Crippen molar-refractivity contribution < 1.29 is 19.4 Å². The lowest BCUT2D eigenvalue weighted by molar-refractivity contribution is -0.132. The van der Waals surface area contributed by atoms with Crippen molar-refractivity contribution in [1.82, 2.24) is 0 Å². The minimum Gasteiger partial charge on any atom is -0.507 e. The largest absolute Gasteiger partial charge is 0.507 e. The van der Waals surface area contributed by atoms with Gasteiger partial charge in [0.25, 0.3) is 11.7 Å². The van der Waals surface area contributed by atoms with E-state index in [1.165, 1.54) is 4.90 Å². The molecule has 1 saturated heterocycles. The van der Waals surface area contributed by atoms with Crippen molar-refractivity contribution in [3.8, 4) is 5.75 Å². The van der Waals surface area contributed by atoms with E-state index in [-0.39, 0.29) is 11.3 Å². The molecule has 6 heteroatoms. The molecule has 1 fully saturated rings. The Bertz CT molecular complexity index is 1280. The Morgan fingerprint density at radius 2 is 1.70 bits per heavy atom. The summed E-state index contributed by atoms with van der Waals surface area (Å²) in [6.45, 7) is 3.21. The number of likely N-dealkylation sites (N-methyl/N-ethyl adjacent to an activating group) is 1. The summed E-state index contributed by atoms with van der Waals surface area (Å²) in [6.07, 6.45) is 0. The third-order valence-corrected chi connectivity index (χ3v) is 6.26. The Labute approximate surface area is 192 Å². The fourth-order valence-corrected chi connectivity index (χ4v) is 4.52. The van der Waals surface area contributed by atoms with Gasteiger partial charge in [-0.2, -0.15) is 0 Å². The molecule has 0 aromatic heterocycles. The molecular weight excluding hydrogens is 416 g/mol. The number of amides is 1. The first-order valence-corrected chi connectivity index (χ1v) is 10.9. The average molecular weight is 440 g/mol. The number of Topliss-reactive ketones (excluding diaryl/α,β-unsaturated/α-hetero) is 1. The van der Waals surface area contributed by atoms with E-state index in [9.17, 15) is 14.7 Å². The van der Waals surface area contributed by atoms with E-state index < -0.39 is 17.7 Å². The molecule has 1 N–H and O–H groups in total. The van der Waals surface area contributed by atoms with Crippen LogP contribution < -0.4 is 14.5 Å². The van der Waals surface area contributed by atoms with Crippen molar-refractivity contribution in [1.29, 1.82) is 0 Å². The number of ether oxygens (including phenoxy) is 1. The van der Waals surface area contributed by atoms with E-state index in [0.29, 0.717) is 17.9 Å². The first-order valence-electron chi connectivity index (χ1n) is 10.9. The summed E-state index contributed by atoms with van der Waals surface area (Å²) in [5, 5.41) is 11.4. The van der Waals surface area contributed by atoms with Crippen LogP contribution in [0.3, 0.4) is 0 Å². The standard InChI is InChI=1S/C27H24N2O4/c1-17-8-6-7-11-20(17)29-24(18-9-4-3-5-10-18)23(26(31)27(29)32)25(30)19-12-13-22-21(16-19)28(2)14-15-33-22/h3-13,16,24,30H,14-15H2,1-2H3/b25-23-. The van der Waals surface area contributed by atoms with Crippen LogP contribution in [-0.2, 0) is 9.59 Å². The molecule has 2 heterocycles. The zero-order chi connectivity index (χ0) is 23.1. The number of ketones is 1.